The van der Waals surface area contributed by atoms with E-state index in [2.05, 4.69) is 6.92 Å². The van der Waals surface area contributed by atoms with Gasteiger partial charge in [0.05, 0.1) is 6.42 Å². The first-order chi connectivity index (χ1) is 6.16. The van der Waals surface area contributed by atoms with E-state index in [1.807, 2.05) is 0 Å². The third kappa shape index (κ3) is 9.25. The molecule has 0 radical (unpaired) electrons. The molecule has 0 N–H and O–H groups in total. The summed E-state index contributed by atoms with van der Waals surface area (Å²) in [6, 6.07) is 0. The van der Waals surface area contributed by atoms with Gasteiger partial charge in [-0.3, -0.25) is 9.59 Å². The zero-order valence-corrected chi connectivity index (χ0v) is 8.77. The van der Waals surface area contributed by atoms with Gasteiger partial charge < -0.3 is 0 Å². The van der Waals surface area contributed by atoms with Crippen LogP contribution in [0.5, 0.6) is 0 Å². The van der Waals surface area contributed by atoms with Crippen LogP contribution in [-0.4, -0.2) is 11.6 Å². The Labute approximate surface area is 80.7 Å². The molecule has 13 heavy (non-hydrogen) atoms. The van der Waals surface area contributed by atoms with Gasteiger partial charge in [-0.1, -0.05) is 32.6 Å². The van der Waals surface area contributed by atoms with Crippen molar-refractivity contribution in [1.29, 1.82) is 0 Å². The summed E-state index contributed by atoms with van der Waals surface area (Å²) >= 11 is 0. The highest BCUT2D eigenvalue weighted by Gasteiger charge is 2.04. The fourth-order valence-corrected chi connectivity index (χ4v) is 1.29. The van der Waals surface area contributed by atoms with Gasteiger partial charge in [0.1, 0.15) is 11.6 Å². The molecule has 0 atom stereocenters. The summed E-state index contributed by atoms with van der Waals surface area (Å²) < 4.78 is 0. The predicted octanol–water partition coefficient (Wildman–Crippen LogP) is 2.90. The normalized spacial score (nSPS) is 10.0. The van der Waals surface area contributed by atoms with Crippen LogP contribution in [0.3, 0.4) is 0 Å². The number of unbranched alkanes of at least 4 members (excludes halogenated alkanes) is 4. The second-order valence-corrected chi connectivity index (χ2v) is 3.58. The average molecular weight is 184 g/mol. The third-order valence-corrected chi connectivity index (χ3v) is 2.01. The van der Waals surface area contributed by atoms with Gasteiger partial charge in [-0.15, -0.1) is 0 Å². The maximum Gasteiger partial charge on any atom is 0.140 e. The molecule has 0 aliphatic rings. The number of hydrogen-bond donors (Lipinski definition) is 0. The number of rotatable bonds is 8. The van der Waals surface area contributed by atoms with Crippen LogP contribution >= 0.6 is 0 Å². The molecule has 2 nitrogen and oxygen atoms in total. The predicted molar refractivity (Wildman–Crippen MR) is 53.7 cm³/mol. The van der Waals surface area contributed by atoms with Gasteiger partial charge in [-0.05, 0) is 13.3 Å². The van der Waals surface area contributed by atoms with Crippen LogP contribution in [-0.2, 0) is 9.59 Å². The van der Waals surface area contributed by atoms with Crippen LogP contribution in [0.25, 0.3) is 0 Å². The van der Waals surface area contributed by atoms with E-state index in [4.69, 9.17) is 0 Å². The number of Topliss-reactive ketones (excluding diaryl/α,β-unsaturated/α-hetero) is 2. The van der Waals surface area contributed by atoms with E-state index in [9.17, 15) is 9.59 Å². The molecule has 0 aromatic carbocycles. The summed E-state index contributed by atoms with van der Waals surface area (Å²) in [5.41, 5.74) is 0. The summed E-state index contributed by atoms with van der Waals surface area (Å²) in [4.78, 5) is 21.6. The lowest BCUT2D eigenvalue weighted by Crippen LogP contribution is -2.03. The number of hydrogen-bond acceptors (Lipinski definition) is 2. The Balaban J connectivity index is 3.22. The minimum absolute atomic E-state index is 0.0152. The van der Waals surface area contributed by atoms with E-state index < -0.39 is 0 Å². The standard InChI is InChI=1S/C11H20O2/c1-3-4-5-6-7-8-11(13)9-10(2)12/h3-9H2,1-2H3. The first-order valence-corrected chi connectivity index (χ1v) is 5.18. The van der Waals surface area contributed by atoms with Crippen molar-refractivity contribution >= 4 is 11.6 Å². The zero-order valence-electron chi connectivity index (χ0n) is 8.77. The Bertz CT molecular complexity index is 161. The van der Waals surface area contributed by atoms with Crippen molar-refractivity contribution in [2.24, 2.45) is 0 Å². The number of carbonyl (C=O) groups is 2. The molecule has 2 heteroatoms. The SMILES string of the molecule is CCCCCCCC(=O)CC(C)=O. The smallest absolute Gasteiger partial charge is 0.140 e. The highest BCUT2D eigenvalue weighted by Crippen LogP contribution is 2.06. The molecule has 0 aliphatic carbocycles. The molecule has 0 fully saturated rings. The molecular formula is C11H20O2. The molecule has 76 valence electrons. The van der Waals surface area contributed by atoms with Crippen LogP contribution < -0.4 is 0 Å². The summed E-state index contributed by atoms with van der Waals surface area (Å²) in [6.45, 7) is 3.63. The number of ketones is 2. The Kier molecular flexibility index (Phi) is 7.56. The molecular weight excluding hydrogens is 164 g/mol. The third-order valence-electron chi connectivity index (χ3n) is 2.01. The van der Waals surface area contributed by atoms with Crippen LogP contribution in [0.15, 0.2) is 0 Å². The van der Waals surface area contributed by atoms with Crippen molar-refractivity contribution < 1.29 is 9.59 Å². The first kappa shape index (κ1) is 12.3. The largest absolute Gasteiger partial charge is 0.300 e. The minimum Gasteiger partial charge on any atom is -0.300 e. The Hall–Kier alpha value is -0.660. The Morgan fingerprint density at radius 2 is 1.62 bits per heavy atom. The quantitative estimate of drug-likeness (QED) is 0.429. The fourth-order valence-electron chi connectivity index (χ4n) is 1.29. The van der Waals surface area contributed by atoms with Crippen molar-refractivity contribution in [3.8, 4) is 0 Å². The van der Waals surface area contributed by atoms with Crippen LogP contribution in [0, 0.1) is 0 Å². The second kappa shape index (κ2) is 7.96. The van der Waals surface area contributed by atoms with Crippen LogP contribution in [0.4, 0.5) is 0 Å². The summed E-state index contributed by atoms with van der Waals surface area (Å²) in [5, 5.41) is 0. The maximum absolute atomic E-state index is 11.1. The number of carbonyl (C=O) groups excluding carboxylic acids is 2. The van der Waals surface area contributed by atoms with Crippen molar-refractivity contribution in [3.05, 3.63) is 0 Å². The molecule has 0 aliphatic heterocycles. The zero-order chi connectivity index (χ0) is 10.1. The lowest BCUT2D eigenvalue weighted by molar-refractivity contribution is -0.125. The molecule has 0 saturated heterocycles. The lowest BCUT2D eigenvalue weighted by atomic mass is 10.1. The van der Waals surface area contributed by atoms with Gasteiger partial charge >= 0.3 is 0 Å². The van der Waals surface area contributed by atoms with E-state index in [0.717, 1.165) is 12.8 Å². The summed E-state index contributed by atoms with van der Waals surface area (Å²) in [7, 11) is 0. The summed E-state index contributed by atoms with van der Waals surface area (Å²) in [5.74, 6) is 0.0857. The average Bonchev–Trinajstić information content (AvgIpc) is 2.02. The fraction of sp³-hybridized carbons (Fsp3) is 0.818. The molecule has 0 aromatic rings. The molecule has 0 spiro atoms. The molecule has 0 aromatic heterocycles. The molecule has 0 unspecified atom stereocenters. The van der Waals surface area contributed by atoms with Gasteiger partial charge in [0.2, 0.25) is 0 Å². The Morgan fingerprint density at radius 1 is 1.00 bits per heavy atom. The van der Waals surface area contributed by atoms with E-state index in [0.29, 0.717) is 6.42 Å². The van der Waals surface area contributed by atoms with Gasteiger partial charge in [0, 0.05) is 6.42 Å². The van der Waals surface area contributed by atoms with Crippen molar-refractivity contribution in [2.45, 2.75) is 58.8 Å². The molecule has 0 bridgehead atoms. The van der Waals surface area contributed by atoms with Crippen LogP contribution in [0.2, 0.25) is 0 Å². The monoisotopic (exact) mass is 184 g/mol. The summed E-state index contributed by atoms with van der Waals surface area (Å²) in [6.07, 6.45) is 6.48. The van der Waals surface area contributed by atoms with Gasteiger partial charge in [0.15, 0.2) is 0 Å². The molecule has 0 amide bonds. The molecule has 0 saturated carbocycles. The van der Waals surface area contributed by atoms with E-state index in [1.54, 1.807) is 0 Å². The molecule has 0 rings (SSSR count). The lowest BCUT2D eigenvalue weighted by Gasteiger charge is -1.98. The van der Waals surface area contributed by atoms with E-state index in [-0.39, 0.29) is 18.0 Å². The van der Waals surface area contributed by atoms with Gasteiger partial charge in [-0.25, -0.2) is 0 Å². The van der Waals surface area contributed by atoms with Crippen molar-refractivity contribution in [2.75, 3.05) is 0 Å². The van der Waals surface area contributed by atoms with Gasteiger partial charge in [0.25, 0.3) is 0 Å². The second-order valence-electron chi connectivity index (χ2n) is 3.58. The maximum atomic E-state index is 11.1. The van der Waals surface area contributed by atoms with Crippen molar-refractivity contribution in [1.82, 2.24) is 0 Å². The Morgan fingerprint density at radius 3 is 2.15 bits per heavy atom. The van der Waals surface area contributed by atoms with E-state index >= 15 is 0 Å². The van der Waals surface area contributed by atoms with Gasteiger partial charge in [-0.2, -0.15) is 0 Å². The van der Waals surface area contributed by atoms with Crippen molar-refractivity contribution in [3.63, 3.8) is 0 Å². The van der Waals surface area contributed by atoms with Crippen LogP contribution in [0.1, 0.15) is 58.8 Å². The highest BCUT2D eigenvalue weighted by atomic mass is 16.1. The highest BCUT2D eigenvalue weighted by molar-refractivity contribution is 5.97. The first-order valence-electron chi connectivity index (χ1n) is 5.18. The topological polar surface area (TPSA) is 34.1 Å². The van der Waals surface area contributed by atoms with E-state index in [1.165, 1.54) is 26.2 Å². The minimum atomic E-state index is -0.0152. The molecule has 0 heterocycles.